The van der Waals surface area contributed by atoms with Crippen molar-refractivity contribution in [3.8, 4) is 0 Å². The summed E-state index contributed by atoms with van der Waals surface area (Å²) < 4.78 is 13.9. The number of H-pyrrole nitrogens is 1. The van der Waals surface area contributed by atoms with Crippen molar-refractivity contribution in [2.75, 3.05) is 11.9 Å². The van der Waals surface area contributed by atoms with E-state index in [1.807, 2.05) is 6.92 Å². The second-order valence-electron chi connectivity index (χ2n) is 6.80. The number of rotatable bonds is 3. The Hall–Kier alpha value is -3.68. The summed E-state index contributed by atoms with van der Waals surface area (Å²) >= 11 is 0. The lowest BCUT2D eigenvalue weighted by Crippen LogP contribution is -2.33. The molecule has 5 N–H and O–H groups in total. The summed E-state index contributed by atoms with van der Waals surface area (Å²) in [5, 5.41) is 6.23. The summed E-state index contributed by atoms with van der Waals surface area (Å²) in [6.45, 7) is 2.53. The SMILES string of the molecule is CC1CNC(=O)c2[nH]c3ccc(C(=O)Nc4ccc(C(N)=O)c(F)c4)cc3c21. The van der Waals surface area contributed by atoms with Crippen molar-refractivity contribution < 1.29 is 18.8 Å². The van der Waals surface area contributed by atoms with Gasteiger partial charge in [0.25, 0.3) is 17.7 Å². The van der Waals surface area contributed by atoms with E-state index in [0.717, 1.165) is 22.5 Å². The Balaban J connectivity index is 1.67. The van der Waals surface area contributed by atoms with E-state index in [9.17, 15) is 18.8 Å². The van der Waals surface area contributed by atoms with Crippen molar-refractivity contribution >= 4 is 34.3 Å². The molecule has 0 fully saturated rings. The average molecular weight is 380 g/mol. The Bertz CT molecular complexity index is 1150. The van der Waals surface area contributed by atoms with Crippen LogP contribution in [0.2, 0.25) is 0 Å². The van der Waals surface area contributed by atoms with Crippen LogP contribution in [0.1, 0.15) is 49.6 Å². The molecule has 0 saturated carbocycles. The number of nitrogens with two attached hydrogens (primary N) is 1. The second-order valence-corrected chi connectivity index (χ2v) is 6.80. The lowest BCUT2D eigenvalue weighted by Gasteiger charge is -2.19. The van der Waals surface area contributed by atoms with E-state index < -0.39 is 17.6 Å². The first-order valence-electron chi connectivity index (χ1n) is 8.69. The number of anilines is 1. The number of primary amides is 1. The third-order valence-electron chi connectivity index (χ3n) is 4.88. The van der Waals surface area contributed by atoms with E-state index in [1.54, 1.807) is 18.2 Å². The summed E-state index contributed by atoms with van der Waals surface area (Å²) in [7, 11) is 0. The number of aromatic amines is 1. The van der Waals surface area contributed by atoms with Gasteiger partial charge in [-0.05, 0) is 42.0 Å². The van der Waals surface area contributed by atoms with E-state index in [4.69, 9.17) is 5.73 Å². The number of hydrogen-bond acceptors (Lipinski definition) is 3. The molecule has 1 aromatic heterocycles. The predicted molar refractivity (Wildman–Crippen MR) is 102 cm³/mol. The molecule has 0 spiro atoms. The Morgan fingerprint density at radius 3 is 2.71 bits per heavy atom. The normalized spacial score (nSPS) is 15.8. The molecule has 142 valence electrons. The molecule has 3 aromatic rings. The Labute approximate surface area is 159 Å². The lowest BCUT2D eigenvalue weighted by atomic mass is 9.93. The fraction of sp³-hybridized carbons (Fsp3) is 0.150. The van der Waals surface area contributed by atoms with Crippen LogP contribution in [0.5, 0.6) is 0 Å². The van der Waals surface area contributed by atoms with E-state index in [0.29, 0.717) is 17.8 Å². The molecule has 4 rings (SSSR count). The first-order valence-corrected chi connectivity index (χ1v) is 8.69. The molecule has 0 bridgehead atoms. The monoisotopic (exact) mass is 380 g/mol. The zero-order chi connectivity index (χ0) is 20.0. The van der Waals surface area contributed by atoms with Gasteiger partial charge in [0.15, 0.2) is 0 Å². The van der Waals surface area contributed by atoms with Crippen LogP contribution >= 0.6 is 0 Å². The number of nitrogens with one attached hydrogen (secondary N) is 3. The van der Waals surface area contributed by atoms with Crippen molar-refractivity contribution in [2.45, 2.75) is 12.8 Å². The van der Waals surface area contributed by atoms with Crippen molar-refractivity contribution in [3.05, 3.63) is 64.6 Å². The van der Waals surface area contributed by atoms with Gasteiger partial charge in [-0.1, -0.05) is 6.92 Å². The van der Waals surface area contributed by atoms with Gasteiger partial charge >= 0.3 is 0 Å². The van der Waals surface area contributed by atoms with Gasteiger partial charge in [-0.3, -0.25) is 14.4 Å². The van der Waals surface area contributed by atoms with Gasteiger partial charge < -0.3 is 21.4 Å². The quantitative estimate of drug-likeness (QED) is 0.559. The molecule has 1 aliphatic rings. The molecule has 1 unspecified atom stereocenters. The molecule has 28 heavy (non-hydrogen) atoms. The van der Waals surface area contributed by atoms with Crippen LogP contribution in [0.3, 0.4) is 0 Å². The minimum Gasteiger partial charge on any atom is -0.366 e. The minimum atomic E-state index is -0.879. The van der Waals surface area contributed by atoms with E-state index >= 15 is 0 Å². The fourth-order valence-electron chi connectivity index (χ4n) is 3.48. The zero-order valence-corrected chi connectivity index (χ0v) is 14.9. The van der Waals surface area contributed by atoms with Gasteiger partial charge in [0.1, 0.15) is 11.5 Å². The molecular formula is C20H17FN4O3. The Kier molecular flexibility index (Phi) is 4.11. The largest absolute Gasteiger partial charge is 0.366 e. The van der Waals surface area contributed by atoms with E-state index in [2.05, 4.69) is 15.6 Å². The molecule has 0 aliphatic carbocycles. The minimum absolute atomic E-state index is 0.107. The second kappa shape index (κ2) is 6.49. The van der Waals surface area contributed by atoms with Gasteiger partial charge in [-0.25, -0.2) is 4.39 Å². The summed E-state index contributed by atoms with van der Waals surface area (Å²) in [4.78, 5) is 38.9. The standard InChI is InChI=1S/C20H17FN4O3/c1-9-8-23-20(28)17-16(9)13-6-10(2-5-15(13)25-17)19(27)24-11-3-4-12(18(22)26)14(21)7-11/h2-7,9,25H,8H2,1H3,(H2,22,26)(H,23,28)(H,24,27). The van der Waals surface area contributed by atoms with Crippen molar-refractivity contribution in [3.63, 3.8) is 0 Å². The van der Waals surface area contributed by atoms with Crippen LogP contribution in [-0.4, -0.2) is 29.3 Å². The molecule has 2 heterocycles. The maximum atomic E-state index is 13.9. The Morgan fingerprint density at radius 2 is 2.00 bits per heavy atom. The molecule has 7 nitrogen and oxygen atoms in total. The molecule has 1 aliphatic heterocycles. The average Bonchev–Trinajstić information content (AvgIpc) is 3.04. The van der Waals surface area contributed by atoms with Crippen LogP contribution in [0.25, 0.3) is 10.9 Å². The van der Waals surface area contributed by atoms with Crippen LogP contribution in [0.15, 0.2) is 36.4 Å². The summed E-state index contributed by atoms with van der Waals surface area (Å²) in [5.41, 5.74) is 7.56. The Morgan fingerprint density at radius 1 is 1.21 bits per heavy atom. The molecule has 3 amide bonds. The number of aromatic nitrogens is 1. The van der Waals surface area contributed by atoms with Gasteiger partial charge in [0.05, 0.1) is 5.56 Å². The zero-order valence-electron chi connectivity index (χ0n) is 14.9. The molecular weight excluding hydrogens is 363 g/mol. The number of hydrogen-bond donors (Lipinski definition) is 4. The topological polar surface area (TPSA) is 117 Å². The molecule has 0 saturated heterocycles. The van der Waals surface area contributed by atoms with Crippen LogP contribution in [-0.2, 0) is 0 Å². The third-order valence-corrected chi connectivity index (χ3v) is 4.88. The number of carbonyl (C=O) groups excluding carboxylic acids is 3. The molecule has 0 radical (unpaired) electrons. The first-order chi connectivity index (χ1) is 13.3. The molecule has 8 heteroatoms. The highest BCUT2D eigenvalue weighted by molar-refractivity contribution is 6.08. The number of benzene rings is 2. The smallest absolute Gasteiger partial charge is 0.268 e. The lowest BCUT2D eigenvalue weighted by molar-refractivity contribution is 0.0935. The highest BCUT2D eigenvalue weighted by Gasteiger charge is 2.27. The van der Waals surface area contributed by atoms with E-state index in [-0.39, 0.29) is 23.1 Å². The highest BCUT2D eigenvalue weighted by atomic mass is 19.1. The van der Waals surface area contributed by atoms with Crippen LogP contribution in [0.4, 0.5) is 10.1 Å². The van der Waals surface area contributed by atoms with Crippen molar-refractivity contribution in [1.82, 2.24) is 10.3 Å². The van der Waals surface area contributed by atoms with Crippen LogP contribution < -0.4 is 16.4 Å². The fourth-order valence-corrected chi connectivity index (χ4v) is 3.48. The maximum Gasteiger partial charge on any atom is 0.268 e. The van der Waals surface area contributed by atoms with Gasteiger partial charge in [-0.15, -0.1) is 0 Å². The summed E-state index contributed by atoms with van der Waals surface area (Å²) in [5.74, 6) is -2.18. The number of carbonyl (C=O) groups is 3. The third kappa shape index (κ3) is 2.88. The number of fused-ring (bicyclic) bond motifs is 3. The molecule has 1 atom stereocenters. The highest BCUT2D eigenvalue weighted by Crippen LogP contribution is 2.32. The predicted octanol–water partition coefficient (Wildman–Crippen LogP) is 2.51. The van der Waals surface area contributed by atoms with Gasteiger partial charge in [0.2, 0.25) is 0 Å². The van der Waals surface area contributed by atoms with E-state index in [1.165, 1.54) is 12.1 Å². The number of amides is 3. The summed E-state index contributed by atoms with van der Waals surface area (Å²) in [6, 6.07) is 8.74. The first kappa shape index (κ1) is 17.7. The van der Waals surface area contributed by atoms with Gasteiger partial charge in [-0.2, -0.15) is 0 Å². The number of halogens is 1. The van der Waals surface area contributed by atoms with Crippen LogP contribution in [0, 0.1) is 5.82 Å². The van der Waals surface area contributed by atoms with Gasteiger partial charge in [0, 0.05) is 34.6 Å². The summed E-state index contributed by atoms with van der Waals surface area (Å²) in [6.07, 6.45) is 0. The molecule has 2 aromatic carbocycles. The maximum absolute atomic E-state index is 13.9. The van der Waals surface area contributed by atoms with Crippen molar-refractivity contribution in [2.24, 2.45) is 5.73 Å². The van der Waals surface area contributed by atoms with Crippen molar-refractivity contribution in [1.29, 1.82) is 0 Å².